The molecule has 150 valence electrons. The Balaban J connectivity index is 2.40. The largest absolute Gasteiger partial charge is 0.354 e. The van der Waals surface area contributed by atoms with Crippen LogP contribution in [-0.4, -0.2) is 65.6 Å². The molecule has 0 saturated carbocycles. The van der Waals surface area contributed by atoms with Crippen molar-refractivity contribution in [2.75, 3.05) is 32.5 Å². The Morgan fingerprint density at radius 3 is 2.30 bits per heavy atom. The van der Waals surface area contributed by atoms with Gasteiger partial charge >= 0.3 is 0 Å². The first-order valence-corrected chi connectivity index (χ1v) is 9.20. The molecule has 8 nitrogen and oxygen atoms in total. The number of carbonyl (C=O) groups excluding carboxylic acids is 3. The second-order valence-electron chi connectivity index (χ2n) is 6.98. The summed E-state index contributed by atoms with van der Waals surface area (Å²) in [6.07, 6.45) is 1.78. The Morgan fingerprint density at radius 2 is 1.74 bits per heavy atom. The van der Waals surface area contributed by atoms with Gasteiger partial charge in [-0.05, 0) is 53.8 Å². The normalized spacial score (nSPS) is 11.9. The van der Waals surface area contributed by atoms with Crippen LogP contribution in [-0.2, 0) is 14.4 Å². The van der Waals surface area contributed by atoms with Crippen molar-refractivity contribution in [2.24, 2.45) is 0 Å². The molecule has 1 aromatic rings. The fourth-order valence-corrected chi connectivity index (χ4v) is 2.63. The molecule has 0 spiro atoms. The minimum Gasteiger partial charge on any atom is -0.354 e. The van der Waals surface area contributed by atoms with Gasteiger partial charge in [0.1, 0.15) is 5.78 Å². The summed E-state index contributed by atoms with van der Waals surface area (Å²) in [5.41, 5.74) is 1.81. The maximum absolute atomic E-state index is 12.4. The third kappa shape index (κ3) is 9.23. The summed E-state index contributed by atoms with van der Waals surface area (Å²) in [4.78, 5) is 45.5. The maximum atomic E-state index is 12.4. The first-order chi connectivity index (χ1) is 12.7. The lowest BCUT2D eigenvalue weighted by Crippen LogP contribution is -2.45. The fraction of sp³-hybridized carbons (Fsp3) is 0.632. The average molecular weight is 377 g/mol. The van der Waals surface area contributed by atoms with Gasteiger partial charge in [0.25, 0.3) is 0 Å². The Kier molecular flexibility index (Phi) is 9.56. The van der Waals surface area contributed by atoms with E-state index in [0.29, 0.717) is 18.9 Å². The van der Waals surface area contributed by atoms with E-state index in [1.54, 1.807) is 0 Å². The molecule has 1 atom stereocenters. The fourth-order valence-electron chi connectivity index (χ4n) is 2.63. The van der Waals surface area contributed by atoms with Gasteiger partial charge in [-0.25, -0.2) is 9.97 Å². The standard InChI is InChI=1S/C19H31N5O3/c1-13-11-14(2)23-19(22-13)20-10-6-7-17(24(4)5)18(27)21-12-16(26)9-8-15(3)25/h11,17H,6-10,12H2,1-5H3,(H,21,27)(H,20,22,23). The number of nitrogens with one attached hydrogen (secondary N) is 2. The Bertz CT molecular complexity index is 640. The van der Waals surface area contributed by atoms with Gasteiger partial charge in [0.2, 0.25) is 11.9 Å². The molecule has 8 heteroatoms. The number of likely N-dealkylation sites (N-methyl/N-ethyl adjacent to an activating group) is 1. The molecule has 27 heavy (non-hydrogen) atoms. The van der Waals surface area contributed by atoms with E-state index in [2.05, 4.69) is 20.6 Å². The predicted molar refractivity (Wildman–Crippen MR) is 105 cm³/mol. The molecule has 0 aliphatic rings. The van der Waals surface area contributed by atoms with E-state index in [0.717, 1.165) is 17.8 Å². The van der Waals surface area contributed by atoms with Crippen molar-refractivity contribution < 1.29 is 14.4 Å². The van der Waals surface area contributed by atoms with Crippen LogP contribution in [0.1, 0.15) is 44.0 Å². The van der Waals surface area contributed by atoms with Crippen LogP contribution < -0.4 is 10.6 Å². The van der Waals surface area contributed by atoms with Crippen molar-refractivity contribution in [3.8, 4) is 0 Å². The summed E-state index contributed by atoms with van der Waals surface area (Å²) < 4.78 is 0. The van der Waals surface area contributed by atoms with E-state index in [9.17, 15) is 14.4 Å². The van der Waals surface area contributed by atoms with Gasteiger partial charge in [-0.2, -0.15) is 0 Å². The van der Waals surface area contributed by atoms with E-state index in [1.165, 1.54) is 6.92 Å². The molecular weight excluding hydrogens is 346 g/mol. The zero-order chi connectivity index (χ0) is 20.4. The number of ketones is 2. The summed E-state index contributed by atoms with van der Waals surface area (Å²) in [7, 11) is 3.67. The zero-order valence-corrected chi connectivity index (χ0v) is 17.0. The lowest BCUT2D eigenvalue weighted by molar-refractivity contribution is -0.128. The van der Waals surface area contributed by atoms with Crippen molar-refractivity contribution in [3.05, 3.63) is 17.5 Å². The number of amides is 1. The minimum atomic E-state index is -0.326. The van der Waals surface area contributed by atoms with E-state index >= 15 is 0 Å². The van der Waals surface area contributed by atoms with E-state index in [4.69, 9.17) is 0 Å². The van der Waals surface area contributed by atoms with E-state index < -0.39 is 0 Å². The molecular formula is C19H31N5O3. The quantitative estimate of drug-likeness (QED) is 0.529. The lowest BCUT2D eigenvalue weighted by Gasteiger charge is -2.23. The van der Waals surface area contributed by atoms with Crippen molar-refractivity contribution in [2.45, 2.75) is 52.5 Å². The van der Waals surface area contributed by atoms with Crippen LogP contribution in [0, 0.1) is 13.8 Å². The topological polar surface area (TPSA) is 104 Å². The number of rotatable bonds is 12. The van der Waals surface area contributed by atoms with Gasteiger partial charge in [0, 0.05) is 30.8 Å². The summed E-state index contributed by atoms with van der Waals surface area (Å²) >= 11 is 0. The zero-order valence-electron chi connectivity index (χ0n) is 17.0. The molecule has 1 unspecified atom stereocenters. The molecule has 2 N–H and O–H groups in total. The molecule has 0 fully saturated rings. The highest BCUT2D eigenvalue weighted by Gasteiger charge is 2.20. The molecule has 0 radical (unpaired) electrons. The van der Waals surface area contributed by atoms with Crippen LogP contribution in [0.15, 0.2) is 6.07 Å². The smallest absolute Gasteiger partial charge is 0.237 e. The van der Waals surface area contributed by atoms with Crippen LogP contribution in [0.2, 0.25) is 0 Å². The Hall–Kier alpha value is -2.35. The first-order valence-electron chi connectivity index (χ1n) is 9.20. The molecule has 0 saturated heterocycles. The lowest BCUT2D eigenvalue weighted by atomic mass is 10.1. The van der Waals surface area contributed by atoms with Crippen LogP contribution in [0.4, 0.5) is 5.95 Å². The van der Waals surface area contributed by atoms with Crippen LogP contribution in [0.3, 0.4) is 0 Å². The van der Waals surface area contributed by atoms with Crippen molar-refractivity contribution in [3.63, 3.8) is 0 Å². The molecule has 1 aromatic heterocycles. The van der Waals surface area contributed by atoms with Crippen LogP contribution >= 0.6 is 0 Å². The highest BCUT2D eigenvalue weighted by atomic mass is 16.2. The third-order valence-corrected chi connectivity index (χ3v) is 4.06. The molecule has 1 rings (SSSR count). The SMILES string of the molecule is CC(=O)CCC(=O)CNC(=O)C(CCCNc1nc(C)cc(C)n1)N(C)C. The third-order valence-electron chi connectivity index (χ3n) is 4.06. The molecule has 0 aromatic carbocycles. The Labute approximate surface area is 161 Å². The number of nitrogens with zero attached hydrogens (tertiary/aromatic N) is 3. The number of anilines is 1. The van der Waals surface area contributed by atoms with Gasteiger partial charge < -0.3 is 15.4 Å². The number of aromatic nitrogens is 2. The van der Waals surface area contributed by atoms with Crippen molar-refractivity contribution in [1.29, 1.82) is 0 Å². The van der Waals surface area contributed by atoms with Crippen LogP contribution in [0.5, 0.6) is 0 Å². The number of aryl methyl sites for hydroxylation is 2. The average Bonchev–Trinajstić information content (AvgIpc) is 2.56. The van der Waals surface area contributed by atoms with Gasteiger partial charge in [-0.1, -0.05) is 0 Å². The summed E-state index contributed by atoms with van der Waals surface area (Å²) in [5.74, 6) is 0.249. The summed E-state index contributed by atoms with van der Waals surface area (Å²) in [6, 6.07) is 1.59. The van der Waals surface area contributed by atoms with Crippen molar-refractivity contribution in [1.82, 2.24) is 20.2 Å². The second kappa shape index (κ2) is 11.4. The van der Waals surface area contributed by atoms with Gasteiger partial charge in [0.05, 0.1) is 12.6 Å². The Morgan fingerprint density at radius 1 is 1.11 bits per heavy atom. The minimum absolute atomic E-state index is 0.0267. The number of hydrogen-bond acceptors (Lipinski definition) is 7. The second-order valence-corrected chi connectivity index (χ2v) is 6.98. The van der Waals surface area contributed by atoms with E-state index in [-0.39, 0.29) is 42.9 Å². The first kappa shape index (κ1) is 22.7. The van der Waals surface area contributed by atoms with Crippen LogP contribution in [0.25, 0.3) is 0 Å². The summed E-state index contributed by atoms with van der Waals surface area (Å²) in [5, 5.41) is 5.85. The molecule has 1 amide bonds. The van der Waals surface area contributed by atoms with E-state index in [1.807, 2.05) is 38.9 Å². The monoisotopic (exact) mass is 377 g/mol. The van der Waals surface area contributed by atoms with Gasteiger partial charge in [-0.3, -0.25) is 14.5 Å². The predicted octanol–water partition coefficient (Wildman–Crippen LogP) is 1.27. The highest BCUT2D eigenvalue weighted by Crippen LogP contribution is 2.07. The molecule has 0 aliphatic carbocycles. The number of carbonyl (C=O) groups is 3. The maximum Gasteiger partial charge on any atom is 0.237 e. The molecule has 0 aliphatic heterocycles. The van der Waals surface area contributed by atoms with Crippen molar-refractivity contribution >= 4 is 23.4 Å². The number of hydrogen-bond donors (Lipinski definition) is 2. The van der Waals surface area contributed by atoms with Gasteiger partial charge in [0.15, 0.2) is 5.78 Å². The van der Waals surface area contributed by atoms with Gasteiger partial charge in [-0.15, -0.1) is 0 Å². The molecule has 1 heterocycles. The summed E-state index contributed by atoms with van der Waals surface area (Å²) in [6.45, 7) is 5.90. The highest BCUT2D eigenvalue weighted by molar-refractivity contribution is 5.90. The number of Topliss-reactive ketones (excluding diaryl/α,β-unsaturated/α-hetero) is 2. The molecule has 0 bridgehead atoms.